The fourth-order valence-corrected chi connectivity index (χ4v) is 2.76. The Morgan fingerprint density at radius 2 is 1.00 bits per heavy atom. The lowest BCUT2D eigenvalue weighted by molar-refractivity contribution is 0.817. The zero-order chi connectivity index (χ0) is 13.1. The zero-order valence-electron chi connectivity index (χ0n) is 8.81. The number of nitrogen functional groups attached to an aromatic ring is 4. The molecule has 0 unspecified atom stereocenters. The molecular formula is C6H8N10S2. The van der Waals surface area contributed by atoms with Gasteiger partial charge in [-0.1, -0.05) is 0 Å². The van der Waals surface area contributed by atoms with Gasteiger partial charge in [0.1, 0.15) is 11.4 Å². The van der Waals surface area contributed by atoms with Crippen molar-refractivity contribution >= 4 is 44.6 Å². The van der Waals surface area contributed by atoms with Crippen molar-refractivity contribution in [2.45, 2.75) is 10.1 Å². The van der Waals surface area contributed by atoms with Crippen molar-refractivity contribution in [1.82, 2.24) is 30.8 Å². The van der Waals surface area contributed by atoms with Gasteiger partial charge in [-0.15, -0.1) is 20.4 Å². The Labute approximate surface area is 109 Å². The molecule has 8 N–H and O–H groups in total. The Morgan fingerprint density at radius 1 is 0.611 bits per heavy atom. The normalized spacial score (nSPS) is 10.4. The molecule has 2 heterocycles. The molecule has 12 heteroatoms. The number of anilines is 4. The molecule has 0 amide bonds. The minimum absolute atomic E-state index is 0.112. The lowest BCUT2D eigenvalue weighted by Gasteiger charge is -2.05. The van der Waals surface area contributed by atoms with E-state index in [9.17, 15) is 0 Å². The number of aromatic nitrogens is 6. The number of hydrogen-bond acceptors (Lipinski definition) is 12. The molecule has 0 aromatic carbocycles. The molecular weight excluding hydrogens is 276 g/mol. The van der Waals surface area contributed by atoms with Crippen LogP contribution in [0.3, 0.4) is 0 Å². The van der Waals surface area contributed by atoms with Gasteiger partial charge in [-0.25, -0.2) is 0 Å². The van der Waals surface area contributed by atoms with Crippen LogP contribution in [0.5, 0.6) is 0 Å². The average Bonchev–Trinajstić information content (AvgIpc) is 2.36. The summed E-state index contributed by atoms with van der Waals surface area (Å²) in [6.07, 6.45) is 0. The molecule has 18 heavy (non-hydrogen) atoms. The maximum atomic E-state index is 5.69. The van der Waals surface area contributed by atoms with Crippen molar-refractivity contribution in [2.75, 3.05) is 22.9 Å². The lowest BCUT2D eigenvalue weighted by atomic mass is 10.5. The smallest absolute Gasteiger partial charge is 0.173 e. The standard InChI is InChI=1S/C6H8N10S2/c7-1-3(9)11-15-13-5(1)17-18-6-2(8)4(10)12-16-14-6/h(H2,7,15)(H2,8,16)(H2,9,11,13)(H2,10,12,14). The summed E-state index contributed by atoms with van der Waals surface area (Å²) in [5.41, 5.74) is 22.9. The second-order valence-corrected chi connectivity index (χ2v) is 5.06. The topological polar surface area (TPSA) is 181 Å². The van der Waals surface area contributed by atoms with Crippen LogP contribution in [0.25, 0.3) is 0 Å². The molecule has 0 radical (unpaired) electrons. The van der Waals surface area contributed by atoms with E-state index in [1.54, 1.807) is 0 Å². The summed E-state index contributed by atoms with van der Waals surface area (Å²) in [5, 5.41) is 22.2. The SMILES string of the molecule is Nc1nnnc(SSc2nnnc(N)c2N)c1N. The summed E-state index contributed by atoms with van der Waals surface area (Å²) in [6.45, 7) is 0. The van der Waals surface area contributed by atoms with Crippen molar-refractivity contribution in [3.63, 3.8) is 0 Å². The summed E-state index contributed by atoms with van der Waals surface area (Å²) in [7, 11) is 2.34. The van der Waals surface area contributed by atoms with Crippen molar-refractivity contribution in [1.29, 1.82) is 0 Å². The molecule has 0 spiro atoms. The minimum atomic E-state index is 0.112. The lowest BCUT2D eigenvalue weighted by Crippen LogP contribution is -2.04. The van der Waals surface area contributed by atoms with E-state index in [1.165, 1.54) is 21.6 Å². The highest BCUT2D eigenvalue weighted by Crippen LogP contribution is 2.40. The molecule has 0 aliphatic rings. The van der Waals surface area contributed by atoms with E-state index >= 15 is 0 Å². The molecule has 0 bridgehead atoms. The average molecular weight is 284 g/mol. The highest BCUT2D eigenvalue weighted by atomic mass is 33.1. The quantitative estimate of drug-likeness (QED) is 0.515. The Balaban J connectivity index is 2.17. The van der Waals surface area contributed by atoms with Gasteiger partial charge in [0.2, 0.25) is 0 Å². The molecule has 94 valence electrons. The molecule has 0 atom stereocenters. The highest BCUT2D eigenvalue weighted by molar-refractivity contribution is 8.76. The first kappa shape index (κ1) is 12.4. The fourth-order valence-electron chi connectivity index (χ4n) is 0.859. The van der Waals surface area contributed by atoms with Crippen molar-refractivity contribution < 1.29 is 0 Å². The Morgan fingerprint density at radius 3 is 1.39 bits per heavy atom. The third kappa shape index (κ3) is 2.43. The van der Waals surface area contributed by atoms with Gasteiger partial charge in [-0.3, -0.25) is 0 Å². The van der Waals surface area contributed by atoms with E-state index in [2.05, 4.69) is 30.8 Å². The van der Waals surface area contributed by atoms with Crippen LogP contribution >= 0.6 is 21.6 Å². The molecule has 0 fully saturated rings. The third-order valence-electron chi connectivity index (χ3n) is 1.79. The van der Waals surface area contributed by atoms with E-state index in [-0.39, 0.29) is 23.0 Å². The molecule has 2 rings (SSSR count). The van der Waals surface area contributed by atoms with Gasteiger partial charge in [0.05, 0.1) is 0 Å². The van der Waals surface area contributed by atoms with Crippen LogP contribution in [0.1, 0.15) is 0 Å². The maximum Gasteiger partial charge on any atom is 0.173 e. The molecule has 0 aliphatic heterocycles. The van der Waals surface area contributed by atoms with Crippen LogP contribution in [-0.2, 0) is 0 Å². The Bertz CT molecular complexity index is 523. The van der Waals surface area contributed by atoms with Gasteiger partial charge in [-0.2, -0.15) is 0 Å². The molecule has 2 aromatic rings. The number of hydrogen-bond donors (Lipinski definition) is 4. The first-order chi connectivity index (χ1) is 8.59. The summed E-state index contributed by atoms with van der Waals surface area (Å²) in [6, 6.07) is 0. The van der Waals surface area contributed by atoms with Crippen LogP contribution in [0, 0.1) is 0 Å². The van der Waals surface area contributed by atoms with Gasteiger partial charge >= 0.3 is 0 Å². The summed E-state index contributed by atoms with van der Waals surface area (Å²) in [5.74, 6) is 0.225. The second-order valence-electron chi connectivity index (χ2n) is 2.95. The summed E-state index contributed by atoms with van der Waals surface area (Å²) < 4.78 is 0. The maximum absolute atomic E-state index is 5.69. The van der Waals surface area contributed by atoms with Gasteiger partial charge in [0.15, 0.2) is 21.7 Å². The van der Waals surface area contributed by atoms with Crippen molar-refractivity contribution in [3.05, 3.63) is 0 Å². The molecule has 0 aliphatic carbocycles. The van der Waals surface area contributed by atoms with Crippen LogP contribution in [0.15, 0.2) is 10.1 Å². The predicted molar refractivity (Wildman–Crippen MR) is 69.0 cm³/mol. The Kier molecular flexibility index (Phi) is 3.47. The third-order valence-corrected chi connectivity index (χ3v) is 3.99. The largest absolute Gasteiger partial charge is 0.393 e. The molecule has 10 nitrogen and oxygen atoms in total. The van der Waals surface area contributed by atoms with Crippen LogP contribution in [0.4, 0.5) is 23.0 Å². The minimum Gasteiger partial charge on any atom is -0.393 e. The van der Waals surface area contributed by atoms with Crippen LogP contribution in [-0.4, -0.2) is 30.8 Å². The van der Waals surface area contributed by atoms with Gasteiger partial charge in [0.25, 0.3) is 0 Å². The monoisotopic (exact) mass is 284 g/mol. The van der Waals surface area contributed by atoms with Crippen molar-refractivity contribution in [2.24, 2.45) is 0 Å². The number of nitrogens with two attached hydrogens (primary N) is 4. The van der Waals surface area contributed by atoms with Gasteiger partial charge in [0, 0.05) is 0 Å². The van der Waals surface area contributed by atoms with Crippen molar-refractivity contribution in [3.8, 4) is 0 Å². The number of rotatable bonds is 3. The molecule has 0 saturated carbocycles. The van der Waals surface area contributed by atoms with E-state index in [4.69, 9.17) is 22.9 Å². The first-order valence-electron chi connectivity index (χ1n) is 4.42. The van der Waals surface area contributed by atoms with E-state index < -0.39 is 0 Å². The zero-order valence-corrected chi connectivity index (χ0v) is 10.4. The number of nitrogens with zero attached hydrogens (tertiary/aromatic N) is 6. The molecule has 2 aromatic heterocycles. The van der Waals surface area contributed by atoms with E-state index in [0.29, 0.717) is 10.1 Å². The first-order valence-corrected chi connectivity index (χ1v) is 6.57. The highest BCUT2D eigenvalue weighted by Gasteiger charge is 2.12. The van der Waals surface area contributed by atoms with E-state index in [0.717, 1.165) is 0 Å². The Hall–Kier alpha value is -2.08. The van der Waals surface area contributed by atoms with Crippen LogP contribution < -0.4 is 22.9 Å². The predicted octanol–water partition coefficient (Wildman–Crippen LogP) is -0.815. The second kappa shape index (κ2) is 5.05. The van der Waals surface area contributed by atoms with Gasteiger partial charge in [-0.05, 0) is 32.0 Å². The summed E-state index contributed by atoms with van der Waals surface area (Å²) >= 11 is 0. The fraction of sp³-hybridized carbons (Fsp3) is 0. The molecule has 0 saturated heterocycles. The van der Waals surface area contributed by atoms with E-state index in [1.807, 2.05) is 0 Å². The van der Waals surface area contributed by atoms with Crippen LogP contribution in [0.2, 0.25) is 0 Å². The summed E-state index contributed by atoms with van der Waals surface area (Å²) in [4.78, 5) is 0. The van der Waals surface area contributed by atoms with Gasteiger partial charge < -0.3 is 22.9 Å².